The van der Waals surface area contributed by atoms with Gasteiger partial charge in [-0.2, -0.15) is 18.2 Å². The van der Waals surface area contributed by atoms with Crippen molar-refractivity contribution in [2.75, 3.05) is 23.1 Å². The molecule has 9 nitrogen and oxygen atoms in total. The summed E-state index contributed by atoms with van der Waals surface area (Å²) in [6.45, 7) is 0. The molecule has 35 heavy (non-hydrogen) atoms. The number of carbonyl (C=O) groups excluding carboxylic acids is 2. The predicted molar refractivity (Wildman–Crippen MR) is 122 cm³/mol. The van der Waals surface area contributed by atoms with E-state index in [0.29, 0.717) is 10.8 Å². The van der Waals surface area contributed by atoms with Gasteiger partial charge in [0.05, 0.1) is 29.8 Å². The maximum Gasteiger partial charge on any atom is 0.416 e. The molecule has 1 aliphatic heterocycles. The summed E-state index contributed by atoms with van der Waals surface area (Å²) in [5.74, 6) is -2.52. The van der Waals surface area contributed by atoms with Crippen LogP contribution < -0.4 is 26.2 Å². The highest BCUT2D eigenvalue weighted by molar-refractivity contribution is 6.31. The van der Waals surface area contributed by atoms with Crippen LogP contribution in [-0.4, -0.2) is 28.9 Å². The number of halogens is 4. The first-order valence-electron chi connectivity index (χ1n) is 10.1. The fourth-order valence-electron chi connectivity index (χ4n) is 3.56. The Labute approximate surface area is 200 Å². The molecule has 0 unspecified atom stereocenters. The number of fused-ring (bicyclic) bond motifs is 1. The maximum atomic E-state index is 13.0. The van der Waals surface area contributed by atoms with Crippen molar-refractivity contribution in [3.05, 3.63) is 69.0 Å². The summed E-state index contributed by atoms with van der Waals surface area (Å²) in [6.07, 6.45) is -4.89. The standard InChI is InChI=1S/C22H17ClF3N5O4/c1-35-15-6-5-11(23)8-14(15)28-19(33)13-9-16(32)29-18-17(13)20(34)31-21(30-18)27-12-4-2-3-10(7-12)22(24,25)26/h2-8,13H,9H2,1H3,(H,28,33)(H3,27,29,30,31,32,34)/t13-/m1/s1. The van der Waals surface area contributed by atoms with Gasteiger partial charge in [-0.25, -0.2) is 0 Å². The molecule has 0 fully saturated rings. The summed E-state index contributed by atoms with van der Waals surface area (Å²) in [7, 11) is 1.40. The average molecular weight is 508 g/mol. The van der Waals surface area contributed by atoms with Gasteiger partial charge in [-0.15, -0.1) is 0 Å². The second-order valence-electron chi connectivity index (χ2n) is 7.52. The Hall–Kier alpha value is -4.06. The topological polar surface area (TPSA) is 125 Å². The minimum absolute atomic E-state index is 0.00686. The number of hydrogen-bond acceptors (Lipinski definition) is 6. The maximum absolute atomic E-state index is 13.0. The van der Waals surface area contributed by atoms with E-state index >= 15 is 0 Å². The molecular weight excluding hydrogens is 491 g/mol. The number of alkyl halides is 3. The molecule has 2 amide bonds. The van der Waals surface area contributed by atoms with Gasteiger partial charge >= 0.3 is 6.18 Å². The average Bonchev–Trinajstić information content (AvgIpc) is 2.78. The molecule has 2 aromatic carbocycles. The summed E-state index contributed by atoms with van der Waals surface area (Å²) in [5.41, 5.74) is -1.50. The van der Waals surface area contributed by atoms with Gasteiger partial charge in [0, 0.05) is 17.1 Å². The van der Waals surface area contributed by atoms with Crippen molar-refractivity contribution in [1.82, 2.24) is 9.97 Å². The Kier molecular flexibility index (Phi) is 6.39. The van der Waals surface area contributed by atoms with Crippen molar-refractivity contribution in [3.63, 3.8) is 0 Å². The van der Waals surface area contributed by atoms with Crippen molar-refractivity contribution in [2.45, 2.75) is 18.5 Å². The molecule has 0 bridgehead atoms. The monoisotopic (exact) mass is 507 g/mol. The molecule has 0 saturated heterocycles. The number of amides is 2. The second kappa shape index (κ2) is 9.29. The molecule has 0 spiro atoms. The van der Waals surface area contributed by atoms with Gasteiger partial charge in [-0.1, -0.05) is 17.7 Å². The van der Waals surface area contributed by atoms with E-state index in [1.54, 1.807) is 12.1 Å². The van der Waals surface area contributed by atoms with E-state index in [2.05, 4.69) is 25.9 Å². The number of anilines is 4. The molecule has 13 heteroatoms. The highest BCUT2D eigenvalue weighted by atomic mass is 35.5. The minimum atomic E-state index is -4.56. The second-order valence-corrected chi connectivity index (χ2v) is 7.96. The van der Waals surface area contributed by atoms with Crippen LogP contribution in [0.5, 0.6) is 5.75 Å². The van der Waals surface area contributed by atoms with Crippen LogP contribution in [0.2, 0.25) is 5.02 Å². The van der Waals surface area contributed by atoms with E-state index in [1.807, 2.05) is 0 Å². The molecule has 3 aromatic rings. The SMILES string of the molecule is COc1ccc(Cl)cc1NC(=O)[C@@H]1CC(=O)Nc2nc(Nc3cccc(C(F)(F)F)c3)[nH]c(=O)c21. The van der Waals surface area contributed by atoms with Gasteiger partial charge in [-0.3, -0.25) is 19.4 Å². The van der Waals surface area contributed by atoms with Crippen molar-refractivity contribution in [2.24, 2.45) is 0 Å². The lowest BCUT2D eigenvalue weighted by atomic mass is 9.92. The van der Waals surface area contributed by atoms with Crippen LogP contribution in [0.4, 0.5) is 36.3 Å². The first kappa shape index (κ1) is 24.1. The lowest BCUT2D eigenvalue weighted by Gasteiger charge is -2.24. The third-order valence-corrected chi connectivity index (χ3v) is 5.37. The van der Waals surface area contributed by atoms with Crippen LogP contribution >= 0.6 is 11.6 Å². The van der Waals surface area contributed by atoms with E-state index in [9.17, 15) is 27.6 Å². The zero-order valence-corrected chi connectivity index (χ0v) is 18.7. The lowest BCUT2D eigenvalue weighted by molar-refractivity contribution is -0.137. The fourth-order valence-corrected chi connectivity index (χ4v) is 3.73. The first-order chi connectivity index (χ1) is 16.5. The van der Waals surface area contributed by atoms with E-state index in [4.69, 9.17) is 16.3 Å². The summed E-state index contributed by atoms with van der Waals surface area (Å²) in [4.78, 5) is 44.6. The Bertz CT molecular complexity index is 1380. The molecule has 182 valence electrons. The molecule has 4 rings (SSSR count). The van der Waals surface area contributed by atoms with Gasteiger partial charge in [0.15, 0.2) is 0 Å². The Balaban J connectivity index is 1.64. The van der Waals surface area contributed by atoms with Gasteiger partial charge in [0.2, 0.25) is 17.8 Å². The molecule has 1 atom stereocenters. The Morgan fingerprint density at radius 2 is 1.97 bits per heavy atom. The minimum Gasteiger partial charge on any atom is -0.495 e. The number of aromatic amines is 1. The number of aromatic nitrogens is 2. The molecule has 0 aliphatic carbocycles. The first-order valence-corrected chi connectivity index (χ1v) is 10.5. The summed E-state index contributed by atoms with van der Waals surface area (Å²) < 4.78 is 44.1. The molecule has 1 aromatic heterocycles. The molecule has 0 radical (unpaired) electrons. The number of nitrogens with zero attached hydrogens (tertiary/aromatic N) is 1. The predicted octanol–water partition coefficient (Wildman–Crippen LogP) is 4.26. The van der Waals surface area contributed by atoms with Gasteiger partial charge < -0.3 is 20.7 Å². The zero-order valence-electron chi connectivity index (χ0n) is 17.9. The molecule has 2 heterocycles. The van der Waals surface area contributed by atoms with Crippen LogP contribution in [0.15, 0.2) is 47.3 Å². The van der Waals surface area contributed by atoms with Crippen molar-refractivity contribution < 1.29 is 27.5 Å². The number of methoxy groups -OCH3 is 1. The Morgan fingerprint density at radius 1 is 1.20 bits per heavy atom. The highest BCUT2D eigenvalue weighted by Crippen LogP contribution is 2.34. The normalized spacial score (nSPS) is 15.1. The number of H-pyrrole nitrogens is 1. The van der Waals surface area contributed by atoms with Crippen LogP contribution in [0, 0.1) is 0 Å². The summed E-state index contributed by atoms with van der Waals surface area (Å²) in [5, 5.41) is 7.94. The molecule has 1 aliphatic rings. The van der Waals surface area contributed by atoms with Crippen molar-refractivity contribution >= 4 is 46.6 Å². The largest absolute Gasteiger partial charge is 0.495 e. The highest BCUT2D eigenvalue weighted by Gasteiger charge is 2.35. The fraction of sp³-hybridized carbons (Fsp3) is 0.182. The number of ether oxygens (including phenoxy) is 1. The van der Waals surface area contributed by atoms with Crippen LogP contribution in [-0.2, 0) is 15.8 Å². The third-order valence-electron chi connectivity index (χ3n) is 5.14. The van der Waals surface area contributed by atoms with E-state index in [0.717, 1.165) is 12.1 Å². The Morgan fingerprint density at radius 3 is 2.69 bits per heavy atom. The number of rotatable bonds is 5. The summed E-state index contributed by atoms with van der Waals surface area (Å²) in [6, 6.07) is 8.83. The van der Waals surface area contributed by atoms with Crippen LogP contribution in [0.25, 0.3) is 0 Å². The van der Waals surface area contributed by atoms with Crippen molar-refractivity contribution in [1.29, 1.82) is 0 Å². The van der Waals surface area contributed by atoms with Gasteiger partial charge in [0.1, 0.15) is 11.6 Å². The van der Waals surface area contributed by atoms with Gasteiger partial charge in [0.25, 0.3) is 5.56 Å². The molecule has 4 N–H and O–H groups in total. The number of nitrogens with one attached hydrogen (secondary N) is 4. The third kappa shape index (κ3) is 5.22. The smallest absolute Gasteiger partial charge is 0.416 e. The van der Waals surface area contributed by atoms with E-state index < -0.39 is 35.0 Å². The quantitative estimate of drug-likeness (QED) is 0.409. The van der Waals surface area contributed by atoms with Crippen LogP contribution in [0.3, 0.4) is 0 Å². The number of carbonyl (C=O) groups is 2. The molecule has 0 saturated carbocycles. The number of benzene rings is 2. The van der Waals surface area contributed by atoms with Crippen molar-refractivity contribution in [3.8, 4) is 5.75 Å². The van der Waals surface area contributed by atoms with E-state index in [-0.39, 0.29) is 35.1 Å². The summed E-state index contributed by atoms with van der Waals surface area (Å²) >= 11 is 5.99. The van der Waals surface area contributed by atoms with E-state index in [1.165, 1.54) is 25.3 Å². The zero-order chi connectivity index (χ0) is 25.3. The lowest BCUT2D eigenvalue weighted by Crippen LogP contribution is -2.36. The van der Waals surface area contributed by atoms with Gasteiger partial charge in [-0.05, 0) is 36.4 Å². The molecular formula is C22H17ClF3N5O4. The van der Waals surface area contributed by atoms with Crippen LogP contribution in [0.1, 0.15) is 23.5 Å². The number of hydrogen-bond donors (Lipinski definition) is 4.